The average Bonchev–Trinajstić information content (AvgIpc) is 2.63. The van der Waals surface area contributed by atoms with Gasteiger partial charge in [0.15, 0.2) is 0 Å². The molecule has 3 nitrogen and oxygen atoms in total. The first-order valence-corrected chi connectivity index (χ1v) is 8.16. The summed E-state index contributed by atoms with van der Waals surface area (Å²) in [5, 5.41) is 3.42. The Morgan fingerprint density at radius 2 is 1.46 bits per heavy atom. The van der Waals surface area contributed by atoms with E-state index in [1.807, 2.05) is 24.4 Å². The van der Waals surface area contributed by atoms with Crippen LogP contribution in [0.25, 0.3) is 0 Å². The molecule has 1 heterocycles. The zero-order chi connectivity index (χ0) is 16.6. The van der Waals surface area contributed by atoms with E-state index in [9.17, 15) is 0 Å². The van der Waals surface area contributed by atoms with E-state index >= 15 is 0 Å². The number of ether oxygens (including phenoxy) is 1. The maximum Gasteiger partial charge on any atom is 0.119 e. The molecule has 0 unspecified atom stereocenters. The molecule has 3 rings (SSSR count). The molecule has 0 fully saturated rings. The average molecular weight is 391 g/mol. The van der Waals surface area contributed by atoms with Gasteiger partial charge in [-0.1, -0.05) is 48.0 Å². The fourth-order valence-electron chi connectivity index (χ4n) is 2.41. The molecular formula is C21H24Cl2N2O. The van der Waals surface area contributed by atoms with E-state index in [0.717, 1.165) is 18.8 Å². The van der Waals surface area contributed by atoms with Crippen molar-refractivity contribution in [1.29, 1.82) is 0 Å². The minimum atomic E-state index is 0. The molecule has 5 heteroatoms. The summed E-state index contributed by atoms with van der Waals surface area (Å²) in [6.07, 6.45) is 3.67. The highest BCUT2D eigenvalue weighted by atomic mass is 35.5. The number of nitrogens with one attached hydrogen (secondary N) is 1. The van der Waals surface area contributed by atoms with Gasteiger partial charge in [0.1, 0.15) is 12.4 Å². The number of aryl methyl sites for hydroxylation is 1. The topological polar surface area (TPSA) is 34.1 Å². The van der Waals surface area contributed by atoms with Gasteiger partial charge in [-0.25, -0.2) is 0 Å². The van der Waals surface area contributed by atoms with Crippen LogP contribution < -0.4 is 10.1 Å². The summed E-state index contributed by atoms with van der Waals surface area (Å²) in [5.41, 5.74) is 4.88. The molecule has 0 saturated heterocycles. The molecule has 0 aliphatic carbocycles. The summed E-state index contributed by atoms with van der Waals surface area (Å²) < 4.78 is 5.83. The maximum absolute atomic E-state index is 5.83. The normalized spacial score (nSPS) is 9.73. The molecule has 138 valence electrons. The predicted octanol–water partition coefficient (Wildman–Crippen LogP) is 5.10. The third-order valence-corrected chi connectivity index (χ3v) is 3.83. The Bertz CT molecular complexity index is 747. The van der Waals surface area contributed by atoms with E-state index < -0.39 is 0 Å². The van der Waals surface area contributed by atoms with E-state index in [1.54, 1.807) is 6.20 Å². The lowest BCUT2D eigenvalue weighted by molar-refractivity contribution is 0.306. The van der Waals surface area contributed by atoms with E-state index in [0.29, 0.717) is 6.61 Å². The number of halogens is 2. The Hall–Kier alpha value is -2.07. The van der Waals surface area contributed by atoms with Crippen molar-refractivity contribution in [2.45, 2.75) is 26.6 Å². The minimum absolute atomic E-state index is 0. The first-order chi connectivity index (χ1) is 11.8. The third kappa shape index (κ3) is 7.04. The number of benzene rings is 2. The van der Waals surface area contributed by atoms with Crippen molar-refractivity contribution in [3.63, 3.8) is 0 Å². The van der Waals surface area contributed by atoms with Gasteiger partial charge in [0.25, 0.3) is 0 Å². The highest BCUT2D eigenvalue weighted by molar-refractivity contribution is 5.85. The van der Waals surface area contributed by atoms with Crippen molar-refractivity contribution in [3.8, 4) is 5.75 Å². The summed E-state index contributed by atoms with van der Waals surface area (Å²) in [6, 6.07) is 20.7. The summed E-state index contributed by atoms with van der Waals surface area (Å²) in [4.78, 5) is 4.12. The molecule has 3 aromatic rings. The molecular weight excluding hydrogens is 367 g/mol. The SMILES string of the molecule is Cc1ccc(COc2ccc(CNCc3cccnc3)cc2)cc1.Cl.Cl. The van der Waals surface area contributed by atoms with Gasteiger partial charge < -0.3 is 10.1 Å². The minimum Gasteiger partial charge on any atom is -0.489 e. The highest BCUT2D eigenvalue weighted by Gasteiger charge is 1.98. The number of nitrogens with zero attached hydrogens (tertiary/aromatic N) is 1. The van der Waals surface area contributed by atoms with E-state index in [-0.39, 0.29) is 24.8 Å². The highest BCUT2D eigenvalue weighted by Crippen LogP contribution is 2.14. The number of hydrogen-bond acceptors (Lipinski definition) is 3. The van der Waals surface area contributed by atoms with Gasteiger partial charge in [-0.15, -0.1) is 24.8 Å². The number of pyridine rings is 1. The Kier molecular flexibility index (Phi) is 9.74. The fourth-order valence-corrected chi connectivity index (χ4v) is 2.41. The van der Waals surface area contributed by atoms with Crippen LogP contribution >= 0.6 is 24.8 Å². The maximum atomic E-state index is 5.83. The van der Waals surface area contributed by atoms with Crippen molar-refractivity contribution in [2.24, 2.45) is 0 Å². The Morgan fingerprint density at radius 3 is 2.12 bits per heavy atom. The Balaban J connectivity index is 0.00000169. The zero-order valence-electron chi connectivity index (χ0n) is 14.7. The second kappa shape index (κ2) is 11.5. The van der Waals surface area contributed by atoms with Crippen LogP contribution in [0.1, 0.15) is 22.3 Å². The van der Waals surface area contributed by atoms with Crippen molar-refractivity contribution in [2.75, 3.05) is 0 Å². The lowest BCUT2D eigenvalue weighted by atomic mass is 10.2. The largest absolute Gasteiger partial charge is 0.489 e. The van der Waals surface area contributed by atoms with Crippen LogP contribution in [-0.2, 0) is 19.7 Å². The quantitative estimate of drug-likeness (QED) is 0.608. The van der Waals surface area contributed by atoms with Crippen LogP contribution in [0.5, 0.6) is 5.75 Å². The standard InChI is InChI=1S/C21H22N2O.2ClH/c1-17-4-6-19(7-5-17)16-24-21-10-8-18(9-11-21)13-23-15-20-3-2-12-22-14-20;;/h2-12,14,23H,13,15-16H2,1H3;2*1H. The van der Waals surface area contributed by atoms with Crippen LogP contribution in [0.15, 0.2) is 73.1 Å². The summed E-state index contributed by atoms with van der Waals surface area (Å²) in [7, 11) is 0. The lowest BCUT2D eigenvalue weighted by Gasteiger charge is -2.08. The van der Waals surface area contributed by atoms with Crippen molar-refractivity contribution >= 4 is 24.8 Å². The van der Waals surface area contributed by atoms with Crippen molar-refractivity contribution in [3.05, 3.63) is 95.3 Å². The van der Waals surface area contributed by atoms with Crippen LogP contribution in [0.3, 0.4) is 0 Å². The Labute approximate surface area is 167 Å². The summed E-state index contributed by atoms with van der Waals surface area (Å²) in [6.45, 7) is 4.33. The summed E-state index contributed by atoms with van der Waals surface area (Å²) in [5.74, 6) is 0.895. The molecule has 0 bridgehead atoms. The van der Waals surface area contributed by atoms with Gasteiger partial charge in [0.05, 0.1) is 0 Å². The van der Waals surface area contributed by atoms with E-state index in [1.165, 1.54) is 22.3 Å². The van der Waals surface area contributed by atoms with Crippen LogP contribution in [-0.4, -0.2) is 4.98 Å². The van der Waals surface area contributed by atoms with E-state index in [2.05, 4.69) is 59.7 Å². The molecule has 1 N–H and O–H groups in total. The van der Waals surface area contributed by atoms with Crippen molar-refractivity contribution < 1.29 is 4.74 Å². The molecule has 0 aliphatic heterocycles. The molecule has 26 heavy (non-hydrogen) atoms. The first kappa shape index (κ1) is 22.0. The molecule has 0 saturated carbocycles. The predicted molar refractivity (Wildman–Crippen MR) is 111 cm³/mol. The molecule has 1 aromatic heterocycles. The second-order valence-corrected chi connectivity index (χ2v) is 5.88. The third-order valence-electron chi connectivity index (χ3n) is 3.83. The van der Waals surface area contributed by atoms with Crippen LogP contribution in [0, 0.1) is 6.92 Å². The molecule has 0 atom stereocenters. The zero-order valence-corrected chi connectivity index (χ0v) is 16.4. The number of rotatable bonds is 7. The molecule has 0 radical (unpaired) electrons. The van der Waals surface area contributed by atoms with Crippen molar-refractivity contribution in [1.82, 2.24) is 10.3 Å². The second-order valence-electron chi connectivity index (χ2n) is 5.88. The van der Waals surface area contributed by atoms with Crippen LogP contribution in [0.4, 0.5) is 0 Å². The van der Waals surface area contributed by atoms with E-state index in [4.69, 9.17) is 4.74 Å². The molecule has 0 spiro atoms. The molecule has 0 aliphatic rings. The monoisotopic (exact) mass is 390 g/mol. The van der Waals surface area contributed by atoms with Gasteiger partial charge in [-0.2, -0.15) is 0 Å². The smallest absolute Gasteiger partial charge is 0.119 e. The first-order valence-electron chi connectivity index (χ1n) is 8.16. The molecule has 0 amide bonds. The molecule has 2 aromatic carbocycles. The summed E-state index contributed by atoms with van der Waals surface area (Å²) >= 11 is 0. The van der Waals surface area contributed by atoms with Gasteiger partial charge >= 0.3 is 0 Å². The van der Waals surface area contributed by atoms with Crippen LogP contribution in [0.2, 0.25) is 0 Å². The van der Waals surface area contributed by atoms with Gasteiger partial charge in [-0.05, 0) is 41.8 Å². The van der Waals surface area contributed by atoms with Gasteiger partial charge in [0.2, 0.25) is 0 Å². The number of hydrogen-bond donors (Lipinski definition) is 1. The lowest BCUT2D eigenvalue weighted by Crippen LogP contribution is -2.12. The fraction of sp³-hybridized carbons (Fsp3) is 0.190. The Morgan fingerprint density at radius 1 is 0.808 bits per heavy atom. The van der Waals surface area contributed by atoms with Gasteiger partial charge in [-0.3, -0.25) is 4.98 Å². The van der Waals surface area contributed by atoms with Gasteiger partial charge in [0, 0.05) is 25.5 Å². The number of aromatic nitrogens is 1.